The number of hydrogen-bond donors (Lipinski definition) is 1. The van der Waals surface area contributed by atoms with Gasteiger partial charge in [0.2, 0.25) is 0 Å². The van der Waals surface area contributed by atoms with Crippen molar-refractivity contribution in [2.45, 2.75) is 6.54 Å². The highest BCUT2D eigenvalue weighted by Gasteiger charge is 2.13. The molecule has 0 unspecified atom stereocenters. The number of aromatic nitrogens is 1. The maximum absolute atomic E-state index is 13.3. The van der Waals surface area contributed by atoms with Gasteiger partial charge in [-0.1, -0.05) is 6.07 Å². The fraction of sp³-hybridized carbons (Fsp3) is 0.214. The van der Waals surface area contributed by atoms with E-state index in [0.29, 0.717) is 5.56 Å². The van der Waals surface area contributed by atoms with Gasteiger partial charge in [0, 0.05) is 32.4 Å². The molecular formula is C14H15F2N3. The lowest BCUT2D eigenvalue weighted by Gasteiger charge is -2.18. The van der Waals surface area contributed by atoms with E-state index >= 15 is 0 Å². The van der Waals surface area contributed by atoms with Crippen LogP contribution >= 0.6 is 0 Å². The zero-order valence-electron chi connectivity index (χ0n) is 10.8. The van der Waals surface area contributed by atoms with E-state index in [1.54, 1.807) is 12.3 Å². The largest absolute Gasteiger partial charge is 0.362 e. The molecule has 1 heterocycles. The van der Waals surface area contributed by atoms with Crippen LogP contribution in [0.3, 0.4) is 0 Å². The Morgan fingerprint density at radius 1 is 1.16 bits per heavy atom. The lowest BCUT2D eigenvalue weighted by molar-refractivity contribution is 0.509. The minimum absolute atomic E-state index is 0.273. The second-order valence-electron chi connectivity index (χ2n) is 4.39. The van der Waals surface area contributed by atoms with E-state index in [0.717, 1.165) is 23.0 Å². The highest BCUT2D eigenvalue weighted by molar-refractivity contribution is 5.72. The Morgan fingerprint density at radius 2 is 1.89 bits per heavy atom. The number of anilines is 1. The number of halogens is 2. The number of hydrogen-bond acceptors (Lipinski definition) is 3. The quantitative estimate of drug-likeness (QED) is 0.925. The molecule has 0 atom stereocenters. The zero-order chi connectivity index (χ0) is 14.0. The van der Waals surface area contributed by atoms with Crippen molar-refractivity contribution < 1.29 is 8.78 Å². The van der Waals surface area contributed by atoms with Gasteiger partial charge in [0.05, 0.1) is 0 Å². The highest BCUT2D eigenvalue weighted by Crippen LogP contribution is 2.29. The standard InChI is InChI=1S/C14H15F2N3/c1-19(2)14-11(8-17)10(5-6-18-14)9-3-4-12(15)13(16)7-9/h3-7H,8,17H2,1-2H3. The van der Waals surface area contributed by atoms with Crippen molar-refractivity contribution in [3.05, 3.63) is 47.7 Å². The molecule has 0 amide bonds. The maximum Gasteiger partial charge on any atom is 0.159 e. The van der Waals surface area contributed by atoms with Gasteiger partial charge in [-0.25, -0.2) is 13.8 Å². The third-order valence-corrected chi connectivity index (χ3v) is 2.89. The third kappa shape index (κ3) is 2.56. The summed E-state index contributed by atoms with van der Waals surface area (Å²) in [6, 6.07) is 5.57. The number of benzene rings is 1. The third-order valence-electron chi connectivity index (χ3n) is 2.89. The summed E-state index contributed by atoms with van der Waals surface area (Å²) in [6.45, 7) is 0.273. The molecule has 0 aliphatic rings. The summed E-state index contributed by atoms with van der Waals surface area (Å²) < 4.78 is 26.3. The van der Waals surface area contributed by atoms with Crippen LogP contribution in [0, 0.1) is 11.6 Å². The van der Waals surface area contributed by atoms with Gasteiger partial charge in [-0.2, -0.15) is 0 Å². The van der Waals surface area contributed by atoms with Crippen LogP contribution in [0.1, 0.15) is 5.56 Å². The first-order valence-corrected chi connectivity index (χ1v) is 5.85. The maximum atomic E-state index is 13.3. The first-order chi connectivity index (χ1) is 9.04. The van der Waals surface area contributed by atoms with Gasteiger partial charge in [-0.15, -0.1) is 0 Å². The highest BCUT2D eigenvalue weighted by atomic mass is 19.2. The van der Waals surface area contributed by atoms with Gasteiger partial charge in [-0.3, -0.25) is 0 Å². The zero-order valence-corrected chi connectivity index (χ0v) is 10.8. The average Bonchev–Trinajstić information content (AvgIpc) is 2.40. The molecule has 0 radical (unpaired) electrons. The molecule has 0 bridgehead atoms. The summed E-state index contributed by atoms with van der Waals surface area (Å²) >= 11 is 0. The molecule has 5 heteroatoms. The second kappa shape index (κ2) is 5.32. The molecule has 1 aromatic heterocycles. The first-order valence-electron chi connectivity index (χ1n) is 5.85. The molecule has 19 heavy (non-hydrogen) atoms. The number of rotatable bonds is 3. The Balaban J connectivity index is 2.61. The normalized spacial score (nSPS) is 10.6. The Hall–Kier alpha value is -2.01. The van der Waals surface area contributed by atoms with Gasteiger partial charge in [0.25, 0.3) is 0 Å². The Morgan fingerprint density at radius 3 is 2.47 bits per heavy atom. The summed E-state index contributed by atoms with van der Waals surface area (Å²) in [6.07, 6.45) is 1.63. The van der Waals surface area contributed by atoms with E-state index in [9.17, 15) is 8.78 Å². The summed E-state index contributed by atoms with van der Waals surface area (Å²) in [5, 5.41) is 0. The molecule has 0 aliphatic heterocycles. The van der Waals surface area contributed by atoms with Gasteiger partial charge < -0.3 is 10.6 Å². The molecule has 2 N–H and O–H groups in total. The van der Waals surface area contributed by atoms with Crippen LogP contribution in [-0.2, 0) is 6.54 Å². The molecule has 0 saturated carbocycles. The predicted molar refractivity (Wildman–Crippen MR) is 71.8 cm³/mol. The average molecular weight is 263 g/mol. The Labute approximate surface area is 110 Å². The molecule has 0 fully saturated rings. The number of nitrogens with two attached hydrogens (primary N) is 1. The van der Waals surface area contributed by atoms with E-state index in [-0.39, 0.29) is 6.54 Å². The van der Waals surface area contributed by atoms with Gasteiger partial charge in [0.15, 0.2) is 11.6 Å². The molecule has 100 valence electrons. The minimum atomic E-state index is -0.872. The molecular weight excluding hydrogens is 248 g/mol. The molecule has 0 saturated heterocycles. The van der Waals surface area contributed by atoms with Gasteiger partial charge in [-0.05, 0) is 29.3 Å². The van der Waals surface area contributed by atoms with Crippen LogP contribution in [0.4, 0.5) is 14.6 Å². The summed E-state index contributed by atoms with van der Waals surface area (Å²) in [4.78, 5) is 6.09. The number of pyridine rings is 1. The van der Waals surface area contributed by atoms with Crippen LogP contribution in [0.25, 0.3) is 11.1 Å². The van der Waals surface area contributed by atoms with Crippen molar-refractivity contribution >= 4 is 5.82 Å². The van der Waals surface area contributed by atoms with Gasteiger partial charge >= 0.3 is 0 Å². The van der Waals surface area contributed by atoms with Crippen molar-refractivity contribution in [1.82, 2.24) is 4.98 Å². The van der Waals surface area contributed by atoms with Crippen molar-refractivity contribution in [1.29, 1.82) is 0 Å². The fourth-order valence-corrected chi connectivity index (χ4v) is 2.00. The number of nitrogens with zero attached hydrogens (tertiary/aromatic N) is 2. The van der Waals surface area contributed by atoms with Crippen molar-refractivity contribution in [2.24, 2.45) is 5.73 Å². The minimum Gasteiger partial charge on any atom is -0.362 e. The van der Waals surface area contributed by atoms with E-state index in [1.807, 2.05) is 19.0 Å². The van der Waals surface area contributed by atoms with Crippen LogP contribution in [-0.4, -0.2) is 19.1 Å². The van der Waals surface area contributed by atoms with Crippen LogP contribution in [0.2, 0.25) is 0 Å². The molecule has 2 rings (SSSR count). The predicted octanol–water partition coefficient (Wildman–Crippen LogP) is 2.55. The Kier molecular flexibility index (Phi) is 3.76. The van der Waals surface area contributed by atoms with E-state index in [4.69, 9.17) is 5.73 Å². The SMILES string of the molecule is CN(C)c1nccc(-c2ccc(F)c(F)c2)c1CN. The second-order valence-corrected chi connectivity index (χ2v) is 4.39. The van der Waals surface area contributed by atoms with Crippen molar-refractivity contribution in [2.75, 3.05) is 19.0 Å². The summed E-state index contributed by atoms with van der Waals surface area (Å²) in [5.41, 5.74) is 7.92. The molecule has 1 aromatic carbocycles. The molecule has 3 nitrogen and oxygen atoms in total. The fourth-order valence-electron chi connectivity index (χ4n) is 2.00. The van der Waals surface area contributed by atoms with E-state index in [1.165, 1.54) is 12.1 Å². The van der Waals surface area contributed by atoms with E-state index < -0.39 is 11.6 Å². The molecule has 2 aromatic rings. The molecule has 0 aliphatic carbocycles. The van der Waals surface area contributed by atoms with E-state index in [2.05, 4.69) is 4.98 Å². The smallest absolute Gasteiger partial charge is 0.159 e. The van der Waals surface area contributed by atoms with Crippen LogP contribution in [0.15, 0.2) is 30.5 Å². The summed E-state index contributed by atoms with van der Waals surface area (Å²) in [5.74, 6) is -1.01. The topological polar surface area (TPSA) is 42.2 Å². The Bertz CT molecular complexity index is 597. The van der Waals surface area contributed by atoms with Gasteiger partial charge in [0.1, 0.15) is 5.82 Å². The summed E-state index contributed by atoms with van der Waals surface area (Å²) in [7, 11) is 3.72. The first kappa shape index (κ1) is 13.4. The van der Waals surface area contributed by atoms with Crippen LogP contribution < -0.4 is 10.6 Å². The van der Waals surface area contributed by atoms with Crippen molar-refractivity contribution in [3.63, 3.8) is 0 Å². The van der Waals surface area contributed by atoms with Crippen LogP contribution in [0.5, 0.6) is 0 Å². The lowest BCUT2D eigenvalue weighted by Crippen LogP contribution is -2.15. The molecule has 0 spiro atoms. The van der Waals surface area contributed by atoms with Crippen molar-refractivity contribution in [3.8, 4) is 11.1 Å². The monoisotopic (exact) mass is 263 g/mol. The lowest BCUT2D eigenvalue weighted by atomic mass is 10.0.